The van der Waals surface area contributed by atoms with Gasteiger partial charge in [-0.2, -0.15) is 23.4 Å². The van der Waals surface area contributed by atoms with E-state index in [1.54, 1.807) is 0 Å². The predicted molar refractivity (Wildman–Crippen MR) is 100 cm³/mol. The molecule has 0 radical (unpaired) electrons. The Labute approximate surface area is 177 Å². The molecular formula is C17H13ClF3N7O3. The lowest BCUT2D eigenvalue weighted by Crippen LogP contribution is -2.59. The lowest BCUT2D eigenvalue weighted by atomic mass is 9.91. The number of methoxy groups -OCH3 is 1. The third-order valence-corrected chi connectivity index (χ3v) is 4.91. The first-order chi connectivity index (χ1) is 14.7. The van der Waals surface area contributed by atoms with Crippen molar-refractivity contribution in [1.29, 1.82) is 0 Å². The number of fused-ring (bicyclic) bond motifs is 1. The van der Waals surface area contributed by atoms with E-state index in [4.69, 9.17) is 26.8 Å². The molecule has 4 heterocycles. The van der Waals surface area contributed by atoms with Gasteiger partial charge in [0.25, 0.3) is 0 Å². The maximum absolute atomic E-state index is 14.5. The summed E-state index contributed by atoms with van der Waals surface area (Å²) in [4.78, 5) is 21.6. The van der Waals surface area contributed by atoms with Crippen molar-refractivity contribution in [2.75, 3.05) is 18.6 Å². The van der Waals surface area contributed by atoms with Crippen molar-refractivity contribution in [3.63, 3.8) is 0 Å². The number of halogens is 4. The molecule has 4 rings (SSSR count). The van der Waals surface area contributed by atoms with Crippen LogP contribution in [-0.4, -0.2) is 50.8 Å². The molecule has 10 nitrogen and oxygen atoms in total. The molecule has 0 fully saturated rings. The lowest BCUT2D eigenvalue weighted by molar-refractivity contribution is -0.252. The summed E-state index contributed by atoms with van der Waals surface area (Å²) < 4.78 is 54.0. The fraction of sp³-hybridized carbons (Fsp3) is 0.235. The molecule has 2 amide bonds. The fourth-order valence-electron chi connectivity index (χ4n) is 3.16. The van der Waals surface area contributed by atoms with Gasteiger partial charge in [-0.05, 0) is 6.07 Å². The van der Waals surface area contributed by atoms with Crippen LogP contribution in [0.15, 0.2) is 37.1 Å². The Balaban J connectivity index is 1.92. The van der Waals surface area contributed by atoms with Crippen molar-refractivity contribution in [3.05, 3.63) is 47.6 Å². The Morgan fingerprint density at radius 2 is 2.00 bits per heavy atom. The number of primary amides is 1. The summed E-state index contributed by atoms with van der Waals surface area (Å²) in [6.45, 7) is -0.995. The Hall–Kier alpha value is -3.61. The molecule has 162 valence electrons. The molecule has 1 unspecified atom stereocenters. The molecule has 2 N–H and O–H groups in total. The molecule has 0 saturated carbocycles. The molecular weight excluding hydrogens is 443 g/mol. The zero-order valence-corrected chi connectivity index (χ0v) is 16.4. The van der Waals surface area contributed by atoms with Crippen molar-refractivity contribution >= 4 is 23.3 Å². The number of nitrogens with two attached hydrogens (primary N) is 1. The van der Waals surface area contributed by atoms with E-state index in [2.05, 4.69) is 20.2 Å². The molecule has 1 aliphatic heterocycles. The van der Waals surface area contributed by atoms with Crippen LogP contribution >= 0.6 is 11.6 Å². The fourth-order valence-corrected chi connectivity index (χ4v) is 3.40. The van der Waals surface area contributed by atoms with Crippen LogP contribution in [0.5, 0.6) is 11.5 Å². The number of ether oxygens (including phenoxy) is 2. The van der Waals surface area contributed by atoms with E-state index in [1.165, 1.54) is 19.5 Å². The number of hydrogen-bond donors (Lipinski definition) is 1. The minimum Gasteiger partial charge on any atom is -0.491 e. The first-order valence-electron chi connectivity index (χ1n) is 8.55. The minimum atomic E-state index is -5.01. The number of anilines is 1. The smallest absolute Gasteiger partial charge is 0.434 e. The van der Waals surface area contributed by atoms with E-state index in [1.807, 2.05) is 0 Å². The van der Waals surface area contributed by atoms with Crippen molar-refractivity contribution in [2.24, 2.45) is 5.73 Å². The number of amides is 2. The van der Waals surface area contributed by atoms with Crippen LogP contribution in [0.25, 0.3) is 5.82 Å². The summed E-state index contributed by atoms with van der Waals surface area (Å²) in [5.41, 5.74) is 1.79. The van der Waals surface area contributed by atoms with Gasteiger partial charge in [-0.15, -0.1) is 4.80 Å². The van der Waals surface area contributed by atoms with Gasteiger partial charge >= 0.3 is 12.2 Å². The van der Waals surface area contributed by atoms with Gasteiger partial charge in [-0.1, -0.05) is 11.6 Å². The summed E-state index contributed by atoms with van der Waals surface area (Å²) in [7, 11) is 1.23. The normalized spacial score (nSPS) is 18.3. The lowest BCUT2D eigenvalue weighted by Gasteiger charge is -2.44. The molecule has 1 aliphatic rings. The second kappa shape index (κ2) is 7.27. The molecule has 0 aromatic carbocycles. The van der Waals surface area contributed by atoms with Crippen LogP contribution in [-0.2, 0) is 5.60 Å². The van der Waals surface area contributed by atoms with Crippen molar-refractivity contribution in [3.8, 4) is 17.3 Å². The summed E-state index contributed by atoms with van der Waals surface area (Å²) >= 11 is 6.18. The quantitative estimate of drug-likeness (QED) is 0.643. The van der Waals surface area contributed by atoms with E-state index >= 15 is 0 Å². The summed E-state index contributed by atoms with van der Waals surface area (Å²) in [5, 5.41) is 7.54. The van der Waals surface area contributed by atoms with Crippen LogP contribution in [0.2, 0.25) is 5.02 Å². The van der Waals surface area contributed by atoms with Crippen LogP contribution in [0.3, 0.4) is 0 Å². The van der Waals surface area contributed by atoms with Crippen molar-refractivity contribution < 1.29 is 27.4 Å². The first kappa shape index (κ1) is 20.7. The Bertz CT molecular complexity index is 1140. The minimum absolute atomic E-state index is 0.0116. The second-order valence-electron chi connectivity index (χ2n) is 6.39. The van der Waals surface area contributed by atoms with Gasteiger partial charge in [0.15, 0.2) is 17.3 Å². The van der Waals surface area contributed by atoms with Gasteiger partial charge in [0.2, 0.25) is 5.60 Å². The number of nitrogens with zero attached hydrogens (tertiary/aromatic N) is 6. The molecule has 3 aromatic rings. The highest BCUT2D eigenvalue weighted by Gasteiger charge is 2.63. The standard InChI is InChI=1S/C17H13ClF3N7O3/c1-30-12-7-23-6-11-13(12)31-16(17(19,20)21,8-27(11)15(22)29)9-4-10(18)14(24-5-9)28-25-2-3-26-28/h2-7H,8H2,1H3,(H2,22,29). The summed E-state index contributed by atoms with van der Waals surface area (Å²) in [6, 6.07) is -0.108. The third-order valence-electron chi connectivity index (χ3n) is 4.63. The SMILES string of the molecule is COc1cncc2c1OC(c1cnc(-n3nccn3)c(Cl)c1)(C(F)(F)F)CN2C(N)=O. The third kappa shape index (κ3) is 3.26. The molecule has 1 atom stereocenters. The van der Waals surface area contributed by atoms with Gasteiger partial charge < -0.3 is 15.2 Å². The molecule has 0 bridgehead atoms. The van der Waals surface area contributed by atoms with Crippen molar-refractivity contribution in [1.82, 2.24) is 25.0 Å². The van der Waals surface area contributed by atoms with E-state index in [0.29, 0.717) is 4.90 Å². The van der Waals surface area contributed by atoms with Gasteiger partial charge in [0.1, 0.15) is 5.69 Å². The van der Waals surface area contributed by atoms with E-state index in [0.717, 1.165) is 29.5 Å². The van der Waals surface area contributed by atoms with Gasteiger partial charge in [-0.25, -0.2) is 9.78 Å². The topological polar surface area (TPSA) is 121 Å². The highest BCUT2D eigenvalue weighted by Crippen LogP contribution is 2.52. The molecule has 3 aromatic heterocycles. The van der Waals surface area contributed by atoms with Gasteiger partial charge in [0, 0.05) is 11.8 Å². The number of aromatic nitrogens is 5. The summed E-state index contributed by atoms with van der Waals surface area (Å²) in [5.74, 6) is -0.459. The van der Waals surface area contributed by atoms with Crippen LogP contribution in [0.1, 0.15) is 5.56 Å². The molecule has 0 spiro atoms. The number of pyridine rings is 2. The van der Waals surface area contributed by atoms with Crippen LogP contribution in [0, 0.1) is 0 Å². The average Bonchev–Trinajstić information content (AvgIpc) is 3.25. The van der Waals surface area contributed by atoms with E-state index < -0.39 is 29.9 Å². The molecule has 0 saturated heterocycles. The first-order valence-corrected chi connectivity index (χ1v) is 8.93. The van der Waals surface area contributed by atoms with Crippen LogP contribution < -0.4 is 20.1 Å². The van der Waals surface area contributed by atoms with Crippen LogP contribution in [0.4, 0.5) is 23.7 Å². The second-order valence-corrected chi connectivity index (χ2v) is 6.80. The van der Waals surface area contributed by atoms with Crippen molar-refractivity contribution in [2.45, 2.75) is 11.8 Å². The van der Waals surface area contributed by atoms with Gasteiger partial charge in [-0.3, -0.25) is 9.88 Å². The molecule has 14 heteroatoms. The Morgan fingerprint density at radius 3 is 2.58 bits per heavy atom. The maximum atomic E-state index is 14.5. The number of urea groups is 1. The largest absolute Gasteiger partial charge is 0.491 e. The predicted octanol–water partition coefficient (Wildman–Crippen LogP) is 2.45. The highest BCUT2D eigenvalue weighted by molar-refractivity contribution is 6.32. The zero-order chi connectivity index (χ0) is 22.4. The van der Waals surface area contributed by atoms with E-state index in [9.17, 15) is 18.0 Å². The monoisotopic (exact) mass is 455 g/mol. The number of hydrogen-bond acceptors (Lipinski definition) is 7. The number of alkyl halides is 3. The Kier molecular flexibility index (Phi) is 4.84. The van der Waals surface area contributed by atoms with E-state index in [-0.39, 0.29) is 28.0 Å². The highest BCUT2D eigenvalue weighted by atomic mass is 35.5. The average molecular weight is 456 g/mol. The Morgan fingerprint density at radius 1 is 1.29 bits per heavy atom. The molecule has 0 aliphatic carbocycles. The number of carbonyl (C=O) groups is 1. The summed E-state index contributed by atoms with van der Waals surface area (Å²) in [6.07, 6.45) is 0.937. The zero-order valence-electron chi connectivity index (χ0n) is 15.7. The molecule has 31 heavy (non-hydrogen) atoms. The maximum Gasteiger partial charge on any atom is 0.434 e. The number of carbonyl (C=O) groups excluding carboxylic acids is 1. The van der Waals surface area contributed by atoms with Gasteiger partial charge in [0.05, 0.1) is 43.5 Å². The number of rotatable bonds is 3.